The van der Waals surface area contributed by atoms with E-state index in [1.165, 1.54) is 5.54 Å². The second-order valence-electron chi connectivity index (χ2n) is 3.17. The van der Waals surface area contributed by atoms with Crippen molar-refractivity contribution in [2.45, 2.75) is 13.0 Å². The van der Waals surface area contributed by atoms with Crippen molar-refractivity contribution in [3.63, 3.8) is 0 Å². The Morgan fingerprint density at radius 1 is 1.53 bits per heavy atom. The minimum Gasteiger partial charge on any atom is -0.488 e. The van der Waals surface area contributed by atoms with E-state index in [0.717, 1.165) is 11.3 Å². The number of halogens is 2. The van der Waals surface area contributed by atoms with Crippen LogP contribution in [0.15, 0.2) is 34.8 Å². The van der Waals surface area contributed by atoms with Gasteiger partial charge in [-0.1, -0.05) is 41.4 Å². The molecule has 0 saturated heterocycles. The Hall–Kier alpha value is -0.700. The molecule has 0 fully saturated rings. The van der Waals surface area contributed by atoms with Crippen molar-refractivity contribution in [3.05, 3.63) is 40.4 Å². The van der Waals surface area contributed by atoms with E-state index in [4.69, 9.17) is 33.7 Å². The Morgan fingerprint density at radius 3 is 2.80 bits per heavy atom. The minimum absolute atomic E-state index is 0.0695. The zero-order chi connectivity index (χ0) is 11.3. The molecule has 1 unspecified atom stereocenters. The van der Waals surface area contributed by atoms with Gasteiger partial charge in [0.15, 0.2) is 0 Å². The van der Waals surface area contributed by atoms with Crippen LogP contribution in [-0.2, 0) is 0 Å². The highest BCUT2D eigenvalue weighted by molar-refractivity contribution is 6.36. The fourth-order valence-electron chi connectivity index (χ4n) is 1.17. The first-order valence-corrected chi connectivity index (χ1v) is 5.38. The molecule has 0 spiro atoms. The normalized spacial score (nSPS) is 13.7. The largest absolute Gasteiger partial charge is 0.488 e. The van der Waals surface area contributed by atoms with Crippen LogP contribution in [0, 0.1) is 0 Å². The van der Waals surface area contributed by atoms with Crippen LogP contribution < -0.4 is 10.5 Å². The van der Waals surface area contributed by atoms with Crippen molar-refractivity contribution < 1.29 is 4.74 Å². The summed E-state index contributed by atoms with van der Waals surface area (Å²) in [5.74, 6) is 0.740. The van der Waals surface area contributed by atoms with E-state index in [2.05, 4.69) is 0 Å². The third kappa shape index (κ3) is 3.74. The summed E-state index contributed by atoms with van der Waals surface area (Å²) in [5, 5.41) is 0.455. The Labute approximate surface area is 99.6 Å². The predicted octanol–water partition coefficient (Wildman–Crippen LogP) is 3.40. The van der Waals surface area contributed by atoms with E-state index in [1.54, 1.807) is 0 Å². The number of para-hydroxylation sites is 1. The van der Waals surface area contributed by atoms with Gasteiger partial charge in [0.05, 0.1) is 5.03 Å². The second-order valence-corrected chi connectivity index (χ2v) is 3.87. The van der Waals surface area contributed by atoms with Crippen LogP contribution in [0.4, 0.5) is 0 Å². The molecule has 0 amide bonds. The van der Waals surface area contributed by atoms with Gasteiger partial charge in [-0.2, -0.15) is 0 Å². The number of hydrogen-bond acceptors (Lipinski definition) is 2. The van der Waals surface area contributed by atoms with Gasteiger partial charge in [0.1, 0.15) is 12.4 Å². The second kappa shape index (κ2) is 6.01. The highest BCUT2D eigenvalue weighted by Crippen LogP contribution is 2.23. The molecule has 4 heteroatoms. The van der Waals surface area contributed by atoms with Crippen molar-refractivity contribution in [2.24, 2.45) is 5.73 Å². The van der Waals surface area contributed by atoms with Crippen molar-refractivity contribution in [3.8, 4) is 5.75 Å². The zero-order valence-electron chi connectivity index (χ0n) is 8.41. The molecule has 2 N–H and O–H groups in total. The van der Waals surface area contributed by atoms with Crippen molar-refractivity contribution in [1.82, 2.24) is 0 Å². The summed E-state index contributed by atoms with van der Waals surface area (Å²) in [6.07, 6.45) is 0. The number of nitrogens with two attached hydrogens (primary N) is 1. The maximum Gasteiger partial charge on any atom is 0.125 e. The van der Waals surface area contributed by atoms with Crippen LogP contribution in [0.1, 0.15) is 18.5 Å². The summed E-state index contributed by atoms with van der Waals surface area (Å²) in [5.41, 5.74) is 8.04. The number of rotatable bonds is 4. The topological polar surface area (TPSA) is 35.2 Å². The molecule has 0 aliphatic heterocycles. The third-order valence-electron chi connectivity index (χ3n) is 1.89. The molecule has 0 radical (unpaired) electrons. The molecule has 15 heavy (non-hydrogen) atoms. The third-order valence-corrected chi connectivity index (χ3v) is 2.49. The maximum absolute atomic E-state index is 5.80. The molecule has 1 atom stereocenters. The Morgan fingerprint density at radius 2 is 2.20 bits per heavy atom. The lowest BCUT2D eigenvalue weighted by Gasteiger charge is -2.13. The average molecular weight is 246 g/mol. The van der Waals surface area contributed by atoms with Crippen LogP contribution >= 0.6 is 23.2 Å². The molecule has 0 aromatic heterocycles. The van der Waals surface area contributed by atoms with Gasteiger partial charge in [-0.3, -0.25) is 0 Å². The summed E-state index contributed by atoms with van der Waals surface area (Å²) >= 11 is 11.1. The first-order valence-electron chi connectivity index (χ1n) is 4.57. The van der Waals surface area contributed by atoms with Crippen LogP contribution in [0.3, 0.4) is 0 Å². The van der Waals surface area contributed by atoms with Gasteiger partial charge < -0.3 is 10.5 Å². The molecule has 0 aliphatic rings. The summed E-state index contributed by atoms with van der Waals surface area (Å²) < 4.78 is 5.49. The van der Waals surface area contributed by atoms with Crippen LogP contribution in [0.5, 0.6) is 5.75 Å². The molecule has 0 heterocycles. The number of hydrogen-bond donors (Lipinski definition) is 1. The van der Waals surface area contributed by atoms with E-state index in [1.807, 2.05) is 31.2 Å². The fraction of sp³-hybridized carbons (Fsp3) is 0.273. The monoisotopic (exact) mass is 245 g/mol. The highest BCUT2D eigenvalue weighted by atomic mass is 35.5. The van der Waals surface area contributed by atoms with Crippen molar-refractivity contribution in [1.29, 1.82) is 0 Å². The summed E-state index contributed by atoms with van der Waals surface area (Å²) in [7, 11) is 0. The minimum atomic E-state index is -0.0695. The standard InChI is InChI=1S/C11H13Cl2NO/c1-8(14)10-4-2-3-5-11(10)15-7-9(13)6-12/h2-6,8H,7,14H2,1H3. The van der Waals surface area contributed by atoms with Crippen LogP contribution in [-0.4, -0.2) is 6.61 Å². The summed E-state index contributed by atoms with van der Waals surface area (Å²) in [4.78, 5) is 0. The number of ether oxygens (including phenoxy) is 1. The molecule has 2 nitrogen and oxygen atoms in total. The van der Waals surface area contributed by atoms with Gasteiger partial charge in [-0.25, -0.2) is 0 Å². The van der Waals surface area contributed by atoms with E-state index in [-0.39, 0.29) is 12.6 Å². The lowest BCUT2D eigenvalue weighted by molar-refractivity contribution is 0.353. The quantitative estimate of drug-likeness (QED) is 0.883. The molecule has 1 rings (SSSR count). The van der Waals surface area contributed by atoms with E-state index in [0.29, 0.717) is 5.03 Å². The fourth-order valence-corrected chi connectivity index (χ4v) is 1.28. The van der Waals surface area contributed by atoms with Gasteiger partial charge in [0.2, 0.25) is 0 Å². The number of benzene rings is 1. The van der Waals surface area contributed by atoms with Gasteiger partial charge in [-0.05, 0) is 13.0 Å². The van der Waals surface area contributed by atoms with E-state index in [9.17, 15) is 0 Å². The summed E-state index contributed by atoms with van der Waals surface area (Å²) in [6.45, 7) is 2.16. The van der Waals surface area contributed by atoms with Gasteiger partial charge in [0.25, 0.3) is 0 Å². The molecule has 0 saturated carbocycles. The van der Waals surface area contributed by atoms with Gasteiger partial charge >= 0.3 is 0 Å². The van der Waals surface area contributed by atoms with Crippen molar-refractivity contribution >= 4 is 23.2 Å². The Kier molecular flexibility index (Phi) is 4.95. The lowest BCUT2D eigenvalue weighted by Crippen LogP contribution is -2.08. The summed E-state index contributed by atoms with van der Waals surface area (Å²) in [6, 6.07) is 7.53. The van der Waals surface area contributed by atoms with E-state index >= 15 is 0 Å². The first kappa shape index (κ1) is 12.4. The van der Waals surface area contributed by atoms with Crippen molar-refractivity contribution in [2.75, 3.05) is 6.61 Å². The average Bonchev–Trinajstić information content (AvgIpc) is 2.26. The lowest BCUT2D eigenvalue weighted by atomic mass is 10.1. The highest BCUT2D eigenvalue weighted by Gasteiger charge is 2.07. The Bertz CT molecular complexity index is 350. The zero-order valence-corrected chi connectivity index (χ0v) is 9.92. The smallest absolute Gasteiger partial charge is 0.125 e. The van der Waals surface area contributed by atoms with E-state index < -0.39 is 0 Å². The molecule has 1 aromatic rings. The predicted molar refractivity (Wildman–Crippen MR) is 64.3 cm³/mol. The molecule has 1 aromatic carbocycles. The molecule has 0 bridgehead atoms. The first-order chi connectivity index (χ1) is 7.15. The van der Waals surface area contributed by atoms with Crippen LogP contribution in [0.2, 0.25) is 0 Å². The molecular weight excluding hydrogens is 233 g/mol. The van der Waals surface area contributed by atoms with Gasteiger partial charge in [0, 0.05) is 17.1 Å². The van der Waals surface area contributed by atoms with Crippen LogP contribution in [0.25, 0.3) is 0 Å². The molecular formula is C11H13Cl2NO. The molecule has 82 valence electrons. The SMILES string of the molecule is CC(N)c1ccccc1OCC(Cl)=CCl. The molecule has 0 aliphatic carbocycles. The van der Waals surface area contributed by atoms with Gasteiger partial charge in [-0.15, -0.1) is 0 Å². The maximum atomic E-state index is 5.80. The Balaban J connectivity index is 2.76.